The quantitative estimate of drug-likeness (QED) is 0.610. The molecule has 0 atom stereocenters. The molecule has 0 saturated carbocycles. The van der Waals surface area contributed by atoms with E-state index >= 15 is 4.39 Å². The van der Waals surface area contributed by atoms with Crippen LogP contribution in [-0.2, 0) is 13.1 Å². The molecule has 0 fully saturated rings. The third kappa shape index (κ3) is 4.72. The van der Waals surface area contributed by atoms with Gasteiger partial charge in [0.1, 0.15) is 5.82 Å². The minimum absolute atomic E-state index is 0.214. The minimum atomic E-state index is -0.214. The zero-order valence-electron chi connectivity index (χ0n) is 16.4. The number of benzene rings is 3. The monoisotopic (exact) mass is 384 g/mol. The van der Waals surface area contributed by atoms with Crippen LogP contribution in [0.15, 0.2) is 66.7 Å². The third-order valence-corrected chi connectivity index (χ3v) is 4.85. The summed E-state index contributed by atoms with van der Waals surface area (Å²) < 4.78 is 15.1. The molecule has 0 bridgehead atoms. The van der Waals surface area contributed by atoms with E-state index in [9.17, 15) is 0 Å². The first-order valence-electron chi connectivity index (χ1n) is 9.20. The van der Waals surface area contributed by atoms with Gasteiger partial charge in [0.25, 0.3) is 0 Å². The highest BCUT2D eigenvalue weighted by molar-refractivity contribution is 5.51. The Kier molecular flexibility index (Phi) is 6.12. The molecule has 0 saturated heterocycles. The van der Waals surface area contributed by atoms with Crippen LogP contribution in [0.25, 0.3) is 0 Å². The molecule has 0 heterocycles. The Labute approximate surface area is 170 Å². The second-order valence-corrected chi connectivity index (χ2v) is 6.92. The van der Waals surface area contributed by atoms with E-state index in [1.54, 1.807) is 36.4 Å². The van der Waals surface area contributed by atoms with Crippen molar-refractivity contribution in [3.05, 3.63) is 94.8 Å². The Morgan fingerprint density at radius 2 is 1.07 bits per heavy atom. The molecule has 0 aliphatic heterocycles. The molecule has 3 aromatic rings. The van der Waals surface area contributed by atoms with Gasteiger partial charge in [0.15, 0.2) is 0 Å². The van der Waals surface area contributed by atoms with Crippen LogP contribution in [0.2, 0.25) is 0 Å². The van der Waals surface area contributed by atoms with Gasteiger partial charge >= 0.3 is 0 Å². The summed E-state index contributed by atoms with van der Waals surface area (Å²) in [6.07, 6.45) is 0. The van der Waals surface area contributed by atoms with E-state index in [-0.39, 0.29) is 5.82 Å². The van der Waals surface area contributed by atoms with Gasteiger partial charge in [0.2, 0.25) is 0 Å². The van der Waals surface area contributed by atoms with E-state index in [4.69, 9.17) is 10.5 Å². The predicted octanol–water partition coefficient (Wildman–Crippen LogP) is 4.84. The van der Waals surface area contributed by atoms with Crippen molar-refractivity contribution < 1.29 is 4.39 Å². The molecule has 0 radical (unpaired) electrons. The molecule has 29 heavy (non-hydrogen) atoms. The van der Waals surface area contributed by atoms with Crippen LogP contribution in [-0.4, -0.2) is 14.1 Å². The molecule has 144 valence electrons. The van der Waals surface area contributed by atoms with Crippen molar-refractivity contribution in [3.8, 4) is 12.1 Å². The molecule has 0 amide bonds. The van der Waals surface area contributed by atoms with Gasteiger partial charge < -0.3 is 9.80 Å². The second-order valence-electron chi connectivity index (χ2n) is 6.92. The van der Waals surface area contributed by atoms with Crippen molar-refractivity contribution >= 4 is 11.4 Å². The Morgan fingerprint density at radius 1 is 0.690 bits per heavy atom. The van der Waals surface area contributed by atoms with Crippen molar-refractivity contribution in [1.29, 1.82) is 10.5 Å². The third-order valence-electron chi connectivity index (χ3n) is 4.85. The van der Waals surface area contributed by atoms with Crippen LogP contribution >= 0.6 is 0 Å². The smallest absolute Gasteiger partial charge is 0.133 e. The maximum Gasteiger partial charge on any atom is 0.133 e. The molecule has 0 aliphatic rings. The summed E-state index contributed by atoms with van der Waals surface area (Å²) in [5.74, 6) is -0.214. The summed E-state index contributed by atoms with van der Waals surface area (Å²) in [5, 5.41) is 17.8. The van der Waals surface area contributed by atoms with E-state index in [2.05, 4.69) is 12.1 Å². The molecular formula is C24H21FN4. The zero-order chi connectivity index (χ0) is 20.8. The summed E-state index contributed by atoms with van der Waals surface area (Å²) in [7, 11) is 3.80. The number of hydrogen-bond donors (Lipinski definition) is 0. The van der Waals surface area contributed by atoms with E-state index in [0.717, 1.165) is 11.4 Å². The van der Waals surface area contributed by atoms with Crippen LogP contribution in [0.5, 0.6) is 0 Å². The lowest BCUT2D eigenvalue weighted by Gasteiger charge is -2.23. The average Bonchev–Trinajstić information content (AvgIpc) is 2.76. The summed E-state index contributed by atoms with van der Waals surface area (Å²) >= 11 is 0. The van der Waals surface area contributed by atoms with Gasteiger partial charge in [-0.2, -0.15) is 10.5 Å². The Bertz CT molecular complexity index is 976. The van der Waals surface area contributed by atoms with Crippen molar-refractivity contribution in [2.24, 2.45) is 0 Å². The molecular weight excluding hydrogens is 363 g/mol. The lowest BCUT2D eigenvalue weighted by atomic mass is 10.1. The van der Waals surface area contributed by atoms with Crippen LogP contribution in [0, 0.1) is 28.5 Å². The number of halogens is 1. The van der Waals surface area contributed by atoms with Gasteiger partial charge in [-0.05, 0) is 48.5 Å². The fraction of sp³-hybridized carbons (Fsp3) is 0.167. The molecule has 0 aromatic heterocycles. The van der Waals surface area contributed by atoms with Crippen molar-refractivity contribution in [3.63, 3.8) is 0 Å². The normalized spacial score (nSPS) is 10.1. The fourth-order valence-corrected chi connectivity index (χ4v) is 3.15. The molecule has 3 rings (SSSR count). The van der Waals surface area contributed by atoms with Crippen molar-refractivity contribution in [1.82, 2.24) is 0 Å². The lowest BCUT2D eigenvalue weighted by molar-refractivity contribution is 0.589. The highest BCUT2D eigenvalue weighted by Crippen LogP contribution is 2.22. The second kappa shape index (κ2) is 8.91. The van der Waals surface area contributed by atoms with E-state index < -0.39 is 0 Å². The van der Waals surface area contributed by atoms with E-state index in [1.165, 1.54) is 0 Å². The topological polar surface area (TPSA) is 54.1 Å². The minimum Gasteiger partial charge on any atom is -0.370 e. The van der Waals surface area contributed by atoms with Crippen LogP contribution in [0.4, 0.5) is 15.8 Å². The molecule has 3 aromatic carbocycles. The van der Waals surface area contributed by atoms with Gasteiger partial charge in [0, 0.05) is 49.7 Å². The molecule has 5 heteroatoms. The highest BCUT2D eigenvalue weighted by atomic mass is 19.1. The largest absolute Gasteiger partial charge is 0.370 e. The molecule has 0 aliphatic carbocycles. The summed E-state index contributed by atoms with van der Waals surface area (Å²) in [5.41, 5.74) is 4.26. The molecule has 4 nitrogen and oxygen atoms in total. The number of anilines is 2. The van der Waals surface area contributed by atoms with Crippen LogP contribution in [0.1, 0.15) is 22.3 Å². The molecule has 0 unspecified atom stereocenters. The first-order chi connectivity index (χ1) is 14.0. The molecule has 0 spiro atoms. The summed E-state index contributed by atoms with van der Waals surface area (Å²) in [6, 6.07) is 24.1. The van der Waals surface area contributed by atoms with Crippen molar-refractivity contribution in [2.45, 2.75) is 13.1 Å². The number of nitrogens with zero attached hydrogens (tertiary/aromatic N) is 4. The predicted molar refractivity (Wildman–Crippen MR) is 113 cm³/mol. The van der Waals surface area contributed by atoms with Gasteiger partial charge in [0.05, 0.1) is 23.3 Å². The maximum atomic E-state index is 15.1. The Morgan fingerprint density at radius 3 is 1.41 bits per heavy atom. The average molecular weight is 384 g/mol. The molecule has 0 N–H and O–H groups in total. The van der Waals surface area contributed by atoms with Gasteiger partial charge in [-0.15, -0.1) is 0 Å². The lowest BCUT2D eigenvalue weighted by Crippen LogP contribution is -2.20. The zero-order valence-corrected chi connectivity index (χ0v) is 16.4. The number of hydrogen-bond acceptors (Lipinski definition) is 4. The van der Waals surface area contributed by atoms with Gasteiger partial charge in [-0.3, -0.25) is 0 Å². The highest BCUT2D eigenvalue weighted by Gasteiger charge is 2.13. The summed E-state index contributed by atoms with van der Waals surface area (Å²) in [4.78, 5) is 3.90. The Hall–Kier alpha value is -3.83. The van der Waals surface area contributed by atoms with Gasteiger partial charge in [-0.1, -0.05) is 18.2 Å². The van der Waals surface area contributed by atoms with Crippen LogP contribution < -0.4 is 9.80 Å². The van der Waals surface area contributed by atoms with Crippen molar-refractivity contribution in [2.75, 3.05) is 23.9 Å². The number of nitriles is 2. The first-order valence-corrected chi connectivity index (χ1v) is 9.20. The van der Waals surface area contributed by atoms with Crippen LogP contribution in [0.3, 0.4) is 0 Å². The van der Waals surface area contributed by atoms with E-state index in [0.29, 0.717) is 35.3 Å². The fourth-order valence-electron chi connectivity index (χ4n) is 3.15. The maximum absolute atomic E-state index is 15.1. The van der Waals surface area contributed by atoms with Gasteiger partial charge in [-0.25, -0.2) is 4.39 Å². The standard InChI is InChI=1S/C24H21FN4/c1-28(22-10-6-18(14-26)7-11-22)16-20-4-3-5-21(24(20)25)17-29(2)23-12-8-19(15-27)9-13-23/h3-13H,16-17H2,1-2H3. The Balaban J connectivity index is 1.74. The van der Waals surface area contributed by atoms with E-state index in [1.807, 2.05) is 54.2 Å². The SMILES string of the molecule is CN(Cc1cccc(CN(C)c2ccc(C#N)cc2)c1F)c1ccc(C#N)cc1. The summed E-state index contributed by atoms with van der Waals surface area (Å²) in [6.45, 7) is 0.846. The first kappa shape index (κ1) is 19.9. The number of rotatable bonds is 6.